The zero-order chi connectivity index (χ0) is 20.6. The number of ether oxygens (including phenoxy) is 1. The second-order valence-electron chi connectivity index (χ2n) is 6.80. The second-order valence-corrected chi connectivity index (χ2v) is 9.43. The smallest absolute Gasteiger partial charge is 0.261 e. The third kappa shape index (κ3) is 3.69. The molecule has 0 saturated carbocycles. The number of nitrogens with one attached hydrogen (secondary N) is 1. The molecule has 0 unspecified atom stereocenters. The lowest BCUT2D eigenvalue weighted by Gasteiger charge is -2.12. The Labute approximate surface area is 177 Å². The van der Waals surface area contributed by atoms with Gasteiger partial charge < -0.3 is 9.26 Å². The van der Waals surface area contributed by atoms with Crippen LogP contribution in [0.1, 0.15) is 17.0 Å². The molecule has 2 aromatic heterocycles. The minimum Gasteiger partial charge on any atom is -0.493 e. The number of thiophene rings is 1. The van der Waals surface area contributed by atoms with E-state index in [0.717, 1.165) is 21.8 Å². The van der Waals surface area contributed by atoms with Gasteiger partial charge in [0.15, 0.2) is 0 Å². The van der Waals surface area contributed by atoms with E-state index in [-0.39, 0.29) is 4.90 Å². The Balaban J connectivity index is 1.40. The van der Waals surface area contributed by atoms with E-state index < -0.39 is 10.0 Å². The summed E-state index contributed by atoms with van der Waals surface area (Å²) in [7, 11) is -3.75. The van der Waals surface area contributed by atoms with Crippen molar-refractivity contribution in [2.45, 2.75) is 17.7 Å². The topological polar surface area (TPSA) is 94.3 Å². The van der Waals surface area contributed by atoms with Gasteiger partial charge in [-0.05, 0) is 46.8 Å². The fraction of sp³-hybridized carbons (Fsp3) is 0.143. The summed E-state index contributed by atoms with van der Waals surface area (Å²) in [6, 6.07) is 15.9. The van der Waals surface area contributed by atoms with Crippen molar-refractivity contribution in [1.82, 2.24) is 10.1 Å². The molecule has 3 heterocycles. The minimum absolute atomic E-state index is 0.208. The van der Waals surface area contributed by atoms with Crippen molar-refractivity contribution in [2.75, 3.05) is 11.3 Å². The first-order chi connectivity index (χ1) is 14.6. The SMILES string of the molecule is O=S(=O)(Nc1ccccc1Cc1nc(-c2cccs2)no1)c1ccc2c(c1)CCO2. The molecule has 0 fully saturated rings. The van der Waals surface area contributed by atoms with E-state index >= 15 is 0 Å². The largest absolute Gasteiger partial charge is 0.493 e. The monoisotopic (exact) mass is 439 g/mol. The van der Waals surface area contributed by atoms with Crippen LogP contribution in [0.15, 0.2) is 69.4 Å². The molecule has 9 heteroatoms. The van der Waals surface area contributed by atoms with Crippen molar-refractivity contribution in [3.8, 4) is 16.5 Å². The molecule has 30 heavy (non-hydrogen) atoms. The van der Waals surface area contributed by atoms with Gasteiger partial charge >= 0.3 is 0 Å². The Bertz CT molecular complexity index is 1300. The molecule has 1 aliphatic heterocycles. The molecule has 0 atom stereocenters. The van der Waals surface area contributed by atoms with Gasteiger partial charge in [0.25, 0.3) is 10.0 Å². The van der Waals surface area contributed by atoms with Crippen molar-refractivity contribution in [1.29, 1.82) is 0 Å². The van der Waals surface area contributed by atoms with Gasteiger partial charge in [-0.25, -0.2) is 8.42 Å². The molecule has 0 radical (unpaired) electrons. The van der Waals surface area contributed by atoms with Crippen molar-refractivity contribution < 1.29 is 17.7 Å². The molecular formula is C21H17N3O4S2. The van der Waals surface area contributed by atoms with E-state index in [9.17, 15) is 8.42 Å². The molecule has 5 rings (SSSR count). The molecule has 1 aliphatic rings. The van der Waals surface area contributed by atoms with Gasteiger partial charge in [-0.3, -0.25) is 4.72 Å². The Kier molecular flexibility index (Phi) is 4.76. The van der Waals surface area contributed by atoms with E-state index in [1.807, 2.05) is 29.6 Å². The maximum atomic E-state index is 13.0. The van der Waals surface area contributed by atoms with Gasteiger partial charge in [-0.2, -0.15) is 4.98 Å². The molecule has 0 saturated heterocycles. The van der Waals surface area contributed by atoms with Gasteiger partial charge in [0.2, 0.25) is 11.7 Å². The number of hydrogen-bond donors (Lipinski definition) is 1. The fourth-order valence-corrected chi connectivity index (χ4v) is 5.10. The molecule has 0 bridgehead atoms. The Morgan fingerprint density at radius 2 is 2.00 bits per heavy atom. The summed E-state index contributed by atoms with van der Waals surface area (Å²) >= 11 is 1.53. The van der Waals surface area contributed by atoms with Crippen LogP contribution in [0.25, 0.3) is 10.7 Å². The van der Waals surface area contributed by atoms with Crippen molar-refractivity contribution in [3.63, 3.8) is 0 Å². The molecule has 152 valence electrons. The predicted octanol–water partition coefficient (Wildman–Crippen LogP) is 4.12. The highest BCUT2D eigenvalue weighted by molar-refractivity contribution is 7.92. The summed E-state index contributed by atoms with van der Waals surface area (Å²) in [4.78, 5) is 5.55. The van der Waals surface area contributed by atoms with Crippen LogP contribution in [0.4, 0.5) is 5.69 Å². The number of sulfonamides is 1. The van der Waals surface area contributed by atoms with Crippen LogP contribution in [-0.4, -0.2) is 25.2 Å². The Morgan fingerprint density at radius 3 is 2.87 bits per heavy atom. The molecule has 7 nitrogen and oxygen atoms in total. The van der Waals surface area contributed by atoms with Crippen LogP contribution in [0.2, 0.25) is 0 Å². The normalized spacial score (nSPS) is 13.1. The van der Waals surface area contributed by atoms with Crippen LogP contribution < -0.4 is 9.46 Å². The molecule has 4 aromatic rings. The van der Waals surface area contributed by atoms with Crippen LogP contribution in [0.3, 0.4) is 0 Å². The van der Waals surface area contributed by atoms with E-state index in [1.54, 1.807) is 30.3 Å². The van der Waals surface area contributed by atoms with Crippen molar-refractivity contribution >= 4 is 27.0 Å². The first kappa shape index (κ1) is 18.8. The lowest BCUT2D eigenvalue weighted by Crippen LogP contribution is -2.14. The summed E-state index contributed by atoms with van der Waals surface area (Å²) in [5.41, 5.74) is 2.12. The number of benzene rings is 2. The summed E-state index contributed by atoms with van der Waals surface area (Å²) < 4.78 is 39.4. The maximum Gasteiger partial charge on any atom is 0.261 e. The van der Waals surface area contributed by atoms with Gasteiger partial charge in [-0.15, -0.1) is 11.3 Å². The summed E-state index contributed by atoms with van der Waals surface area (Å²) in [5.74, 6) is 1.69. The Hall–Kier alpha value is -3.17. The van der Waals surface area contributed by atoms with E-state index in [1.165, 1.54) is 11.3 Å². The molecule has 2 aromatic carbocycles. The maximum absolute atomic E-state index is 13.0. The third-order valence-corrected chi connectivity index (χ3v) is 7.01. The van der Waals surface area contributed by atoms with Crippen molar-refractivity contribution in [3.05, 3.63) is 77.0 Å². The van der Waals surface area contributed by atoms with Gasteiger partial charge in [0.1, 0.15) is 5.75 Å². The number of fused-ring (bicyclic) bond motifs is 1. The third-order valence-electron chi connectivity index (χ3n) is 4.78. The first-order valence-electron chi connectivity index (χ1n) is 9.31. The number of nitrogens with zero attached hydrogens (tertiary/aromatic N) is 2. The number of aromatic nitrogens is 2. The average Bonchev–Trinajstić information content (AvgIpc) is 3.50. The standard InChI is InChI=1S/C21H17N3O4S2/c25-30(26,16-7-8-18-15(12-16)9-10-27-18)24-17-5-2-1-4-14(17)13-20-22-21(23-28-20)19-6-3-11-29-19/h1-8,11-12,24H,9-10,13H2. The number of anilines is 1. The lowest BCUT2D eigenvalue weighted by molar-refractivity contribution is 0.356. The van der Waals surface area contributed by atoms with E-state index in [4.69, 9.17) is 9.26 Å². The molecule has 0 amide bonds. The van der Waals surface area contributed by atoms with E-state index in [2.05, 4.69) is 14.9 Å². The molecule has 0 spiro atoms. The van der Waals surface area contributed by atoms with E-state index in [0.29, 0.717) is 36.9 Å². The zero-order valence-electron chi connectivity index (χ0n) is 15.7. The fourth-order valence-electron chi connectivity index (χ4n) is 3.30. The molecule has 0 aliphatic carbocycles. The summed E-state index contributed by atoms with van der Waals surface area (Å²) in [6.07, 6.45) is 1.02. The highest BCUT2D eigenvalue weighted by Crippen LogP contribution is 2.29. The molecule has 1 N–H and O–H groups in total. The Morgan fingerprint density at radius 1 is 1.10 bits per heavy atom. The second kappa shape index (κ2) is 7.58. The highest BCUT2D eigenvalue weighted by Gasteiger charge is 2.21. The summed E-state index contributed by atoms with van der Waals surface area (Å²) in [5, 5.41) is 5.96. The average molecular weight is 440 g/mol. The van der Waals surface area contributed by atoms with Crippen LogP contribution >= 0.6 is 11.3 Å². The number of hydrogen-bond acceptors (Lipinski definition) is 7. The van der Waals surface area contributed by atoms with Gasteiger partial charge in [0.05, 0.1) is 28.5 Å². The predicted molar refractivity (Wildman–Crippen MR) is 113 cm³/mol. The summed E-state index contributed by atoms with van der Waals surface area (Å²) in [6.45, 7) is 0.576. The minimum atomic E-state index is -3.75. The van der Waals surface area contributed by atoms with Gasteiger partial charge in [0, 0.05) is 6.42 Å². The van der Waals surface area contributed by atoms with Crippen LogP contribution in [0.5, 0.6) is 5.75 Å². The zero-order valence-corrected chi connectivity index (χ0v) is 17.4. The highest BCUT2D eigenvalue weighted by atomic mass is 32.2. The van der Waals surface area contributed by atoms with Crippen LogP contribution in [-0.2, 0) is 22.9 Å². The first-order valence-corrected chi connectivity index (χ1v) is 11.7. The van der Waals surface area contributed by atoms with Crippen molar-refractivity contribution in [2.24, 2.45) is 0 Å². The molecular weight excluding hydrogens is 422 g/mol. The number of rotatable bonds is 6. The van der Waals surface area contributed by atoms with Crippen LogP contribution in [0, 0.1) is 0 Å². The quantitative estimate of drug-likeness (QED) is 0.486. The number of para-hydroxylation sites is 1. The lowest BCUT2D eigenvalue weighted by atomic mass is 10.1. The van der Waals surface area contributed by atoms with Gasteiger partial charge in [-0.1, -0.05) is 29.4 Å².